The highest BCUT2D eigenvalue weighted by Gasteiger charge is 2.12. The molecule has 6 nitrogen and oxygen atoms in total. The Morgan fingerprint density at radius 3 is 2.69 bits per heavy atom. The van der Waals surface area contributed by atoms with Gasteiger partial charge in [-0.05, 0) is 30.7 Å². The number of nitrogens with one attached hydrogen (secondary N) is 3. The Morgan fingerprint density at radius 1 is 1.15 bits per heavy atom. The summed E-state index contributed by atoms with van der Waals surface area (Å²) in [5, 5.41) is 5.42. The summed E-state index contributed by atoms with van der Waals surface area (Å²) in [6.07, 6.45) is 2.82. The fourth-order valence-electron chi connectivity index (χ4n) is 2.39. The molecule has 132 valence electrons. The van der Waals surface area contributed by atoms with Crippen molar-refractivity contribution in [3.63, 3.8) is 0 Å². The number of benzene rings is 2. The molecule has 0 aliphatic rings. The van der Waals surface area contributed by atoms with E-state index in [1.807, 2.05) is 6.92 Å². The summed E-state index contributed by atoms with van der Waals surface area (Å²) in [5.74, 6) is -1.08. The summed E-state index contributed by atoms with van der Waals surface area (Å²) in [7, 11) is 0. The lowest BCUT2D eigenvalue weighted by Gasteiger charge is -2.11. The van der Waals surface area contributed by atoms with E-state index in [1.54, 1.807) is 36.4 Å². The van der Waals surface area contributed by atoms with Gasteiger partial charge < -0.3 is 15.6 Å². The number of H-pyrrole nitrogens is 1. The average Bonchev–Trinajstić information content (AvgIpc) is 3.17. The van der Waals surface area contributed by atoms with Gasteiger partial charge in [-0.25, -0.2) is 9.37 Å². The van der Waals surface area contributed by atoms with E-state index in [-0.39, 0.29) is 24.2 Å². The first-order valence-electron chi connectivity index (χ1n) is 7.96. The van der Waals surface area contributed by atoms with Gasteiger partial charge >= 0.3 is 0 Å². The Bertz CT molecular complexity index is 938. The summed E-state index contributed by atoms with van der Waals surface area (Å²) < 4.78 is 13.6. The maximum atomic E-state index is 13.6. The van der Waals surface area contributed by atoms with Gasteiger partial charge in [-0.3, -0.25) is 9.59 Å². The van der Waals surface area contributed by atoms with Gasteiger partial charge in [0.25, 0.3) is 11.8 Å². The molecule has 7 heteroatoms. The minimum Gasteiger partial charge on any atom is -0.348 e. The summed E-state index contributed by atoms with van der Waals surface area (Å²) >= 11 is 0. The van der Waals surface area contributed by atoms with Crippen LogP contribution in [-0.2, 0) is 6.54 Å². The lowest BCUT2D eigenvalue weighted by atomic mass is 10.1. The maximum absolute atomic E-state index is 13.6. The van der Waals surface area contributed by atoms with Crippen molar-refractivity contribution < 1.29 is 14.0 Å². The van der Waals surface area contributed by atoms with Crippen molar-refractivity contribution in [2.45, 2.75) is 13.5 Å². The van der Waals surface area contributed by atoms with Crippen LogP contribution < -0.4 is 10.6 Å². The normalized spacial score (nSPS) is 10.4. The van der Waals surface area contributed by atoms with Crippen molar-refractivity contribution in [3.05, 3.63) is 83.2 Å². The lowest BCUT2D eigenvalue weighted by Crippen LogP contribution is -2.23. The van der Waals surface area contributed by atoms with E-state index in [2.05, 4.69) is 20.6 Å². The standard InChI is InChI=1S/C19H17FN4O2/c1-12-6-7-13(8-16(12)24-19(26)17-10-21-11-23-17)18(25)22-9-14-4-2-3-5-15(14)20/h2-8,10-11H,9H2,1H3,(H,21,23)(H,22,25)(H,24,26). The highest BCUT2D eigenvalue weighted by molar-refractivity contribution is 6.04. The lowest BCUT2D eigenvalue weighted by molar-refractivity contribution is 0.0949. The molecule has 0 unspecified atom stereocenters. The van der Waals surface area contributed by atoms with E-state index >= 15 is 0 Å². The van der Waals surface area contributed by atoms with Crippen molar-refractivity contribution in [1.82, 2.24) is 15.3 Å². The molecular weight excluding hydrogens is 335 g/mol. The van der Waals surface area contributed by atoms with Gasteiger partial charge in [0, 0.05) is 23.4 Å². The van der Waals surface area contributed by atoms with Crippen molar-refractivity contribution in [3.8, 4) is 0 Å². The van der Waals surface area contributed by atoms with E-state index in [9.17, 15) is 14.0 Å². The molecule has 2 aromatic carbocycles. The zero-order chi connectivity index (χ0) is 18.5. The molecule has 3 aromatic rings. The smallest absolute Gasteiger partial charge is 0.273 e. The largest absolute Gasteiger partial charge is 0.348 e. The monoisotopic (exact) mass is 352 g/mol. The van der Waals surface area contributed by atoms with E-state index in [1.165, 1.54) is 18.6 Å². The van der Waals surface area contributed by atoms with Gasteiger partial charge in [-0.2, -0.15) is 0 Å². The first-order chi connectivity index (χ1) is 12.5. The zero-order valence-electron chi connectivity index (χ0n) is 14.0. The van der Waals surface area contributed by atoms with Gasteiger partial charge in [-0.15, -0.1) is 0 Å². The third-order valence-corrected chi connectivity index (χ3v) is 3.89. The van der Waals surface area contributed by atoms with Crippen LogP contribution in [0.1, 0.15) is 32.0 Å². The molecule has 0 radical (unpaired) electrons. The van der Waals surface area contributed by atoms with Crippen molar-refractivity contribution in [2.24, 2.45) is 0 Å². The number of carbonyl (C=O) groups excluding carboxylic acids is 2. The Morgan fingerprint density at radius 2 is 1.96 bits per heavy atom. The van der Waals surface area contributed by atoms with Gasteiger partial charge in [0.1, 0.15) is 11.5 Å². The maximum Gasteiger partial charge on any atom is 0.273 e. The van der Waals surface area contributed by atoms with Crippen LogP contribution in [0.4, 0.5) is 10.1 Å². The molecule has 3 rings (SSSR count). The molecule has 3 N–H and O–H groups in total. The second kappa shape index (κ2) is 7.60. The summed E-state index contributed by atoms with van der Waals surface area (Å²) in [5.41, 5.74) is 2.41. The van der Waals surface area contributed by atoms with E-state index in [0.29, 0.717) is 22.5 Å². The molecule has 2 amide bonds. The van der Waals surface area contributed by atoms with Crippen LogP contribution in [0.15, 0.2) is 55.0 Å². The molecule has 0 aliphatic carbocycles. The number of aromatic nitrogens is 2. The van der Waals surface area contributed by atoms with Crippen LogP contribution in [0, 0.1) is 12.7 Å². The van der Waals surface area contributed by atoms with E-state index in [0.717, 1.165) is 5.56 Å². The highest BCUT2D eigenvalue weighted by atomic mass is 19.1. The second-order valence-corrected chi connectivity index (χ2v) is 5.72. The number of halogens is 1. The third-order valence-electron chi connectivity index (χ3n) is 3.89. The number of anilines is 1. The Kier molecular flexibility index (Phi) is 5.07. The number of amides is 2. The number of hydrogen-bond acceptors (Lipinski definition) is 3. The third kappa shape index (κ3) is 3.94. The molecule has 0 fully saturated rings. The molecule has 0 saturated heterocycles. The molecule has 0 saturated carbocycles. The number of imidazole rings is 1. The summed E-state index contributed by atoms with van der Waals surface area (Å²) in [4.78, 5) is 31.0. The SMILES string of the molecule is Cc1ccc(C(=O)NCc2ccccc2F)cc1NC(=O)c1cnc[nH]1. The molecule has 0 spiro atoms. The van der Waals surface area contributed by atoms with Crippen LogP contribution in [0.5, 0.6) is 0 Å². The number of aryl methyl sites for hydroxylation is 1. The summed E-state index contributed by atoms with van der Waals surface area (Å²) in [6.45, 7) is 1.90. The molecule has 1 heterocycles. The van der Waals surface area contributed by atoms with Gasteiger partial charge in [-0.1, -0.05) is 24.3 Å². The van der Waals surface area contributed by atoms with Gasteiger partial charge in [0.05, 0.1) is 12.5 Å². The molecule has 0 atom stereocenters. The fraction of sp³-hybridized carbons (Fsp3) is 0.105. The zero-order valence-corrected chi connectivity index (χ0v) is 14.0. The minimum absolute atomic E-state index is 0.0786. The van der Waals surface area contributed by atoms with Crippen LogP contribution in [0.3, 0.4) is 0 Å². The number of nitrogens with zero attached hydrogens (tertiary/aromatic N) is 1. The van der Waals surface area contributed by atoms with Crippen molar-refractivity contribution in [1.29, 1.82) is 0 Å². The topological polar surface area (TPSA) is 86.9 Å². The van der Waals surface area contributed by atoms with Gasteiger partial charge in [0.2, 0.25) is 0 Å². The molecule has 26 heavy (non-hydrogen) atoms. The Balaban J connectivity index is 1.71. The minimum atomic E-state index is -0.371. The second-order valence-electron chi connectivity index (χ2n) is 5.72. The first-order valence-corrected chi connectivity index (χ1v) is 7.96. The predicted molar refractivity (Wildman–Crippen MR) is 95.3 cm³/mol. The average molecular weight is 352 g/mol. The fourth-order valence-corrected chi connectivity index (χ4v) is 2.39. The predicted octanol–water partition coefficient (Wildman–Crippen LogP) is 3.04. The quantitative estimate of drug-likeness (QED) is 0.660. The van der Waals surface area contributed by atoms with Crippen molar-refractivity contribution in [2.75, 3.05) is 5.32 Å². The van der Waals surface area contributed by atoms with Crippen LogP contribution in [0.25, 0.3) is 0 Å². The number of carbonyl (C=O) groups is 2. The molecule has 1 aromatic heterocycles. The Labute approximate surface area is 149 Å². The van der Waals surface area contributed by atoms with Crippen LogP contribution in [-0.4, -0.2) is 21.8 Å². The summed E-state index contributed by atoms with van der Waals surface area (Å²) in [6, 6.07) is 11.2. The van der Waals surface area contributed by atoms with E-state index < -0.39 is 0 Å². The van der Waals surface area contributed by atoms with Crippen LogP contribution >= 0.6 is 0 Å². The highest BCUT2D eigenvalue weighted by Crippen LogP contribution is 2.18. The van der Waals surface area contributed by atoms with Gasteiger partial charge in [0.15, 0.2) is 0 Å². The van der Waals surface area contributed by atoms with Crippen molar-refractivity contribution >= 4 is 17.5 Å². The number of rotatable bonds is 5. The number of hydrogen-bond donors (Lipinski definition) is 3. The number of aromatic amines is 1. The first kappa shape index (κ1) is 17.3. The Hall–Kier alpha value is -3.48. The molecular formula is C19H17FN4O2. The van der Waals surface area contributed by atoms with Crippen LogP contribution in [0.2, 0.25) is 0 Å². The molecule has 0 bridgehead atoms. The van der Waals surface area contributed by atoms with E-state index in [4.69, 9.17) is 0 Å². The molecule has 0 aliphatic heterocycles.